The third kappa shape index (κ3) is 9.87. The molecule has 10 heteroatoms. The number of hydrogen-bond acceptors (Lipinski definition) is 8. The van der Waals surface area contributed by atoms with Gasteiger partial charge >= 0.3 is 11.9 Å². The highest BCUT2D eigenvalue weighted by Crippen LogP contribution is 2.50. The van der Waals surface area contributed by atoms with Crippen LogP contribution in [0.25, 0.3) is 0 Å². The van der Waals surface area contributed by atoms with Crippen molar-refractivity contribution in [1.29, 1.82) is 0 Å². The number of fused-ring (bicyclic) bond motifs is 4. The molecule has 2 aliphatic carbocycles. The highest BCUT2D eigenvalue weighted by atomic mass is 28.4. The molecule has 3 heterocycles. The number of hydrogen-bond donors (Lipinski definition) is 0. The molecule has 0 amide bonds. The number of cyclic esters (lactones) is 2. The second-order valence-electron chi connectivity index (χ2n) is 21.4. The first kappa shape index (κ1) is 46.3. The molecule has 5 fully saturated rings. The first-order chi connectivity index (χ1) is 26.1. The van der Waals surface area contributed by atoms with Gasteiger partial charge in [0.1, 0.15) is 12.2 Å². The van der Waals surface area contributed by atoms with Gasteiger partial charge in [-0.2, -0.15) is 0 Å². The van der Waals surface area contributed by atoms with Crippen LogP contribution in [0, 0.1) is 35.5 Å². The summed E-state index contributed by atoms with van der Waals surface area (Å²) in [6.45, 7) is 36.9. The van der Waals surface area contributed by atoms with Gasteiger partial charge in [0, 0.05) is 24.7 Å². The van der Waals surface area contributed by atoms with E-state index in [1.54, 1.807) is 0 Å². The largest absolute Gasteiger partial charge is 0.462 e. The molecule has 0 aromatic heterocycles. The van der Waals surface area contributed by atoms with Gasteiger partial charge in [0.15, 0.2) is 0 Å². The van der Waals surface area contributed by atoms with Gasteiger partial charge in [0.2, 0.25) is 16.6 Å². The van der Waals surface area contributed by atoms with Crippen LogP contribution in [0.5, 0.6) is 0 Å². The third-order valence-corrected chi connectivity index (χ3v) is 28.0. The number of esters is 2. The molecule has 0 N–H and O–H groups in total. The van der Waals surface area contributed by atoms with Gasteiger partial charge in [0.05, 0.1) is 49.5 Å². The van der Waals surface area contributed by atoms with Crippen molar-refractivity contribution in [2.24, 2.45) is 35.5 Å². The highest BCUT2D eigenvalue weighted by molar-refractivity contribution is 6.78. The first-order valence-corrected chi connectivity index (χ1v) is 27.4. The number of ether oxygens (including phenoxy) is 4. The Labute approximate surface area is 344 Å². The summed E-state index contributed by atoms with van der Waals surface area (Å²) in [5.74, 6) is 1.29. The van der Waals surface area contributed by atoms with Gasteiger partial charge in [-0.1, -0.05) is 111 Å². The van der Waals surface area contributed by atoms with E-state index in [1.807, 2.05) is 0 Å². The van der Waals surface area contributed by atoms with Crippen molar-refractivity contribution in [2.75, 3.05) is 0 Å². The zero-order valence-electron chi connectivity index (χ0n) is 38.5. The molecular weight excluding hydrogens is 737 g/mol. The van der Waals surface area contributed by atoms with Crippen LogP contribution in [0.2, 0.25) is 33.2 Å². The number of rotatable bonds is 12. The highest BCUT2D eigenvalue weighted by Gasteiger charge is 2.54. The molecule has 5 rings (SSSR count). The molecule has 3 aliphatic heterocycles. The summed E-state index contributed by atoms with van der Waals surface area (Å²) in [4.78, 5) is 28.4. The van der Waals surface area contributed by atoms with E-state index >= 15 is 0 Å². The number of carbonyl (C=O) groups excluding carboxylic acids is 2. The van der Waals surface area contributed by atoms with Gasteiger partial charge in [-0.15, -0.1) is 0 Å². The molecule has 3 saturated heterocycles. The zero-order valence-corrected chi connectivity index (χ0v) is 40.5. The molecule has 0 aromatic carbocycles. The van der Waals surface area contributed by atoms with Crippen LogP contribution in [0.3, 0.4) is 0 Å². The van der Waals surface area contributed by atoms with E-state index in [-0.39, 0.29) is 85.4 Å². The Morgan fingerprint density at radius 2 is 0.750 bits per heavy atom. The summed E-state index contributed by atoms with van der Waals surface area (Å²) in [6, 6.07) is 0. The predicted octanol–water partition coefficient (Wildman–Crippen LogP) is 11.4. The van der Waals surface area contributed by atoms with E-state index in [4.69, 9.17) is 27.8 Å². The molecule has 56 heavy (non-hydrogen) atoms. The lowest BCUT2D eigenvalue weighted by molar-refractivity contribution is -0.183. The van der Waals surface area contributed by atoms with Gasteiger partial charge < -0.3 is 27.8 Å². The fourth-order valence-corrected chi connectivity index (χ4v) is 23.6. The van der Waals surface area contributed by atoms with E-state index in [9.17, 15) is 9.59 Å². The molecule has 0 aromatic rings. The minimum Gasteiger partial charge on any atom is -0.462 e. The Morgan fingerprint density at radius 3 is 1.00 bits per heavy atom. The first-order valence-electron chi connectivity index (χ1n) is 23.2. The summed E-state index contributed by atoms with van der Waals surface area (Å²) in [7, 11) is -4.46. The molecule has 8 nitrogen and oxygen atoms in total. The Hall–Kier alpha value is -0.786. The molecule has 0 spiro atoms. The number of carbonyl (C=O) groups is 2. The maximum absolute atomic E-state index is 14.2. The summed E-state index contributed by atoms with van der Waals surface area (Å²) < 4.78 is 42.0. The molecule has 324 valence electrons. The standard InChI is InChI=1S/C46H84O8Si2/c1-25(2)55(26(3)4,27(5)6)53-41-19-35-21-43(37-17-31(37)13)51-46(48)24-40-34(16)42(54-56(28(7)8,29(9)10)30(11)12)20-36(50-40)22-44(38-18-32(38)14)52-45(47)23-39(49-35)33(41)15/h25-44H,17-24H2,1-16H3/t31-,32-,33+,34+,35+,36+,37-,38-,39+,40+,41+,42+,43+,44+/m1/s1. The van der Waals surface area contributed by atoms with Crippen molar-refractivity contribution in [3.05, 3.63) is 0 Å². The van der Waals surface area contributed by atoms with Gasteiger partial charge in [-0.3, -0.25) is 9.59 Å². The van der Waals surface area contributed by atoms with Crippen LogP contribution >= 0.6 is 0 Å². The van der Waals surface area contributed by atoms with Crippen molar-refractivity contribution in [1.82, 2.24) is 0 Å². The second kappa shape index (κ2) is 18.5. The lowest BCUT2D eigenvalue weighted by Gasteiger charge is -2.50. The lowest BCUT2D eigenvalue weighted by Crippen LogP contribution is -2.56. The third-order valence-electron chi connectivity index (χ3n) is 15.8. The van der Waals surface area contributed by atoms with Crippen molar-refractivity contribution in [2.45, 2.75) is 244 Å². The van der Waals surface area contributed by atoms with E-state index < -0.39 is 16.6 Å². The Balaban J connectivity index is 1.48. The average Bonchev–Trinajstić information content (AvgIpc) is 4.00. The van der Waals surface area contributed by atoms with Gasteiger partial charge in [-0.25, -0.2) is 0 Å². The smallest absolute Gasteiger partial charge is 0.308 e. The molecule has 14 atom stereocenters. The maximum Gasteiger partial charge on any atom is 0.308 e. The molecule has 2 saturated carbocycles. The summed E-state index contributed by atoms with van der Waals surface area (Å²) in [5, 5.41) is 0. The van der Waals surface area contributed by atoms with Gasteiger partial charge in [-0.05, 0) is 82.6 Å². The van der Waals surface area contributed by atoms with Crippen LogP contribution in [0.1, 0.15) is 162 Å². The van der Waals surface area contributed by atoms with E-state index in [1.165, 1.54) is 0 Å². The Morgan fingerprint density at radius 1 is 0.464 bits per heavy atom. The van der Waals surface area contributed by atoms with E-state index in [0.717, 1.165) is 25.7 Å². The minimum atomic E-state index is -2.23. The molecule has 0 radical (unpaired) electrons. The van der Waals surface area contributed by atoms with Crippen LogP contribution in [0.15, 0.2) is 0 Å². The molecule has 5 aliphatic rings. The van der Waals surface area contributed by atoms with E-state index in [2.05, 4.69) is 111 Å². The quantitative estimate of drug-likeness (QED) is 0.142. The van der Waals surface area contributed by atoms with Crippen LogP contribution in [0.4, 0.5) is 0 Å². The molecule has 4 bridgehead atoms. The Bertz CT molecular complexity index is 1180. The van der Waals surface area contributed by atoms with Gasteiger partial charge in [0.25, 0.3) is 0 Å². The van der Waals surface area contributed by atoms with Crippen LogP contribution in [-0.4, -0.2) is 77.4 Å². The fourth-order valence-electron chi connectivity index (χ4n) is 12.3. The van der Waals surface area contributed by atoms with Crippen LogP contribution in [-0.2, 0) is 37.4 Å². The lowest BCUT2D eigenvalue weighted by atomic mass is 9.86. The maximum atomic E-state index is 14.2. The Kier molecular flexibility index (Phi) is 15.3. The SMILES string of the molecule is CC(C)[Si](O[C@H]1C[C@H]2C[C@@H]([C@@H]3C[C@H]3C)OC(=O)C[C@@H]3O[C@@H](C[C@H](O[Si](C(C)C)(C(C)C)C(C)C)[C@H]3C)C[C@@H]([C@@H]3C[C@H]3C)OC(=O)C[C@H](O2)[C@@H]1C)(C(C)C)C(C)C. The average molecular weight is 821 g/mol. The van der Waals surface area contributed by atoms with E-state index in [0.29, 0.717) is 69.8 Å². The van der Waals surface area contributed by atoms with Crippen molar-refractivity contribution in [3.8, 4) is 0 Å². The van der Waals surface area contributed by atoms with Crippen LogP contribution < -0.4 is 0 Å². The minimum absolute atomic E-state index is 0.0223. The van der Waals surface area contributed by atoms with Crippen molar-refractivity contribution >= 4 is 28.6 Å². The summed E-state index contributed by atoms with van der Waals surface area (Å²) >= 11 is 0. The predicted molar refractivity (Wildman–Crippen MR) is 229 cm³/mol. The van der Waals surface area contributed by atoms with Crippen molar-refractivity contribution < 1.29 is 37.4 Å². The second-order valence-corrected chi connectivity index (χ2v) is 32.2. The topological polar surface area (TPSA) is 89.5 Å². The monoisotopic (exact) mass is 821 g/mol. The summed E-state index contributed by atoms with van der Waals surface area (Å²) in [6.07, 6.45) is 3.57. The van der Waals surface area contributed by atoms with Crippen molar-refractivity contribution in [3.63, 3.8) is 0 Å². The molecular formula is C46H84O8Si2. The summed E-state index contributed by atoms with van der Waals surface area (Å²) in [5.41, 5.74) is 2.67. The zero-order chi connectivity index (χ0) is 41.6. The normalized spacial score (nSPS) is 39.1. The fraction of sp³-hybridized carbons (Fsp3) is 0.957. The molecule has 0 unspecified atom stereocenters.